The van der Waals surface area contributed by atoms with E-state index in [4.69, 9.17) is 10.8 Å². The topological polar surface area (TPSA) is 92.4 Å². The fourth-order valence-corrected chi connectivity index (χ4v) is 3.64. The zero-order valence-electron chi connectivity index (χ0n) is 20.2. The van der Waals surface area contributed by atoms with Crippen molar-refractivity contribution in [1.29, 1.82) is 0 Å². The number of aliphatic carboxylic acids is 1. The Morgan fingerprint density at radius 3 is 1.84 bits per heavy atom. The lowest BCUT2D eigenvalue weighted by Gasteiger charge is -2.07. The molecule has 0 spiro atoms. The molecule has 0 aromatic carbocycles. The third-order valence-corrected chi connectivity index (χ3v) is 5.75. The monoisotopic (exact) mass is 438 g/mol. The molecule has 0 heterocycles. The fraction of sp³-hybridized carbons (Fsp3) is 0.846. The van der Waals surface area contributed by atoms with E-state index in [1.807, 2.05) is 0 Å². The second-order valence-electron chi connectivity index (χ2n) is 8.83. The minimum atomic E-state index is -0.959. The number of carboxylic acid groups (broad SMARTS) is 1. The van der Waals surface area contributed by atoms with Crippen molar-refractivity contribution in [2.24, 2.45) is 5.73 Å². The van der Waals surface area contributed by atoms with E-state index < -0.39 is 12.0 Å². The summed E-state index contributed by atoms with van der Waals surface area (Å²) in [7, 11) is 0. The molecule has 1 atom stereocenters. The van der Waals surface area contributed by atoms with Crippen molar-refractivity contribution >= 4 is 11.9 Å². The van der Waals surface area contributed by atoms with Gasteiger partial charge in [0.1, 0.15) is 6.04 Å². The Morgan fingerprint density at radius 2 is 1.29 bits per heavy atom. The first-order valence-corrected chi connectivity index (χ1v) is 13.0. The van der Waals surface area contributed by atoms with Crippen LogP contribution in [0.15, 0.2) is 12.2 Å². The van der Waals surface area contributed by atoms with Gasteiger partial charge in [-0.2, -0.15) is 0 Å². The number of nitrogens with one attached hydrogen (secondary N) is 1. The van der Waals surface area contributed by atoms with Gasteiger partial charge in [-0.3, -0.25) is 9.59 Å². The van der Waals surface area contributed by atoms with Crippen LogP contribution in [-0.4, -0.2) is 29.6 Å². The van der Waals surface area contributed by atoms with Crippen LogP contribution in [0, 0.1) is 0 Å². The smallest absolute Gasteiger partial charge is 0.320 e. The summed E-state index contributed by atoms with van der Waals surface area (Å²) >= 11 is 0. The Morgan fingerprint density at radius 1 is 0.774 bits per heavy atom. The fourth-order valence-electron chi connectivity index (χ4n) is 3.64. The van der Waals surface area contributed by atoms with E-state index in [-0.39, 0.29) is 5.91 Å². The maximum atomic E-state index is 11.8. The summed E-state index contributed by atoms with van der Waals surface area (Å²) in [5.41, 5.74) is 5.45. The van der Waals surface area contributed by atoms with Crippen LogP contribution in [0.5, 0.6) is 0 Å². The molecule has 0 aromatic rings. The first-order chi connectivity index (χ1) is 15.1. The molecule has 0 unspecified atom stereocenters. The third-order valence-electron chi connectivity index (χ3n) is 5.75. The zero-order chi connectivity index (χ0) is 23.0. The van der Waals surface area contributed by atoms with Crippen LogP contribution >= 0.6 is 0 Å². The molecule has 0 saturated carbocycles. The summed E-state index contributed by atoms with van der Waals surface area (Å²) in [5.74, 6) is -0.852. The van der Waals surface area contributed by atoms with Gasteiger partial charge in [-0.05, 0) is 51.4 Å². The summed E-state index contributed by atoms with van der Waals surface area (Å²) < 4.78 is 0. The van der Waals surface area contributed by atoms with Crippen LogP contribution in [-0.2, 0) is 9.59 Å². The summed E-state index contributed by atoms with van der Waals surface area (Å²) in [6.45, 7) is 2.87. The molecule has 0 aliphatic carbocycles. The lowest BCUT2D eigenvalue weighted by molar-refractivity contribution is -0.138. The molecule has 0 aliphatic rings. The van der Waals surface area contributed by atoms with Crippen molar-refractivity contribution in [2.75, 3.05) is 6.54 Å². The number of rotatable bonds is 23. The van der Waals surface area contributed by atoms with E-state index >= 15 is 0 Å². The highest BCUT2D eigenvalue weighted by molar-refractivity contribution is 5.75. The summed E-state index contributed by atoms with van der Waals surface area (Å²) in [4.78, 5) is 22.4. The minimum absolute atomic E-state index is 0.107. The SMILES string of the molecule is CCCCCCCC/C=C/CCCCCCCCCC(=O)NCCCC[C@H](N)C(=O)O. The largest absolute Gasteiger partial charge is 0.480 e. The number of carbonyl (C=O) groups excluding carboxylic acids is 1. The van der Waals surface area contributed by atoms with Gasteiger partial charge in [0.05, 0.1) is 0 Å². The first kappa shape index (κ1) is 29.6. The van der Waals surface area contributed by atoms with Gasteiger partial charge in [-0.25, -0.2) is 0 Å². The van der Waals surface area contributed by atoms with Gasteiger partial charge in [-0.1, -0.05) is 83.3 Å². The molecule has 4 N–H and O–H groups in total. The van der Waals surface area contributed by atoms with Crippen LogP contribution in [0.2, 0.25) is 0 Å². The lowest BCUT2D eigenvalue weighted by Crippen LogP contribution is -2.30. The van der Waals surface area contributed by atoms with Gasteiger partial charge >= 0.3 is 5.97 Å². The molecule has 0 aromatic heterocycles. The summed E-state index contributed by atoms with van der Waals surface area (Å²) in [5, 5.41) is 11.6. The zero-order valence-corrected chi connectivity index (χ0v) is 20.2. The number of carbonyl (C=O) groups is 2. The molecule has 1 amide bonds. The van der Waals surface area contributed by atoms with E-state index in [1.54, 1.807) is 0 Å². The number of nitrogens with two attached hydrogens (primary N) is 1. The highest BCUT2D eigenvalue weighted by atomic mass is 16.4. The van der Waals surface area contributed by atoms with Crippen LogP contribution < -0.4 is 11.1 Å². The molecule has 0 fully saturated rings. The maximum absolute atomic E-state index is 11.8. The number of carboxylic acids is 1. The van der Waals surface area contributed by atoms with Gasteiger partial charge in [0, 0.05) is 13.0 Å². The van der Waals surface area contributed by atoms with E-state index in [2.05, 4.69) is 24.4 Å². The molecule has 0 rings (SSSR count). The Kier molecular flexibility index (Phi) is 22.3. The lowest BCUT2D eigenvalue weighted by atomic mass is 10.1. The molecular formula is C26H50N2O3. The highest BCUT2D eigenvalue weighted by Crippen LogP contribution is 2.11. The molecule has 0 aliphatic heterocycles. The van der Waals surface area contributed by atoms with Crippen molar-refractivity contribution < 1.29 is 14.7 Å². The Bertz CT molecular complexity index is 452. The predicted molar refractivity (Wildman–Crippen MR) is 131 cm³/mol. The second-order valence-corrected chi connectivity index (χ2v) is 8.83. The van der Waals surface area contributed by atoms with Gasteiger partial charge in [0.25, 0.3) is 0 Å². The van der Waals surface area contributed by atoms with Crippen molar-refractivity contribution in [3.8, 4) is 0 Å². The number of hydrogen-bond donors (Lipinski definition) is 3. The van der Waals surface area contributed by atoms with Gasteiger partial charge < -0.3 is 16.2 Å². The molecule has 31 heavy (non-hydrogen) atoms. The van der Waals surface area contributed by atoms with Crippen LogP contribution in [0.25, 0.3) is 0 Å². The second kappa shape index (κ2) is 23.3. The Hall–Kier alpha value is -1.36. The van der Waals surface area contributed by atoms with Crippen LogP contribution in [0.4, 0.5) is 0 Å². The van der Waals surface area contributed by atoms with Crippen molar-refractivity contribution in [1.82, 2.24) is 5.32 Å². The van der Waals surface area contributed by atoms with Crippen LogP contribution in [0.1, 0.15) is 129 Å². The van der Waals surface area contributed by atoms with Gasteiger partial charge in [-0.15, -0.1) is 0 Å². The molecule has 0 saturated heterocycles. The average molecular weight is 439 g/mol. The maximum Gasteiger partial charge on any atom is 0.320 e. The average Bonchev–Trinajstić information content (AvgIpc) is 2.75. The third kappa shape index (κ3) is 23.1. The van der Waals surface area contributed by atoms with Crippen molar-refractivity contribution in [3.05, 3.63) is 12.2 Å². The Balaban J connectivity index is 3.25. The summed E-state index contributed by atoms with van der Waals surface area (Å²) in [6, 6.07) is -0.790. The molecule has 5 heteroatoms. The van der Waals surface area contributed by atoms with E-state index in [1.165, 1.54) is 83.5 Å². The molecular weight excluding hydrogens is 388 g/mol. The quantitative estimate of drug-likeness (QED) is 0.125. The number of allylic oxidation sites excluding steroid dienone is 2. The standard InChI is InChI=1S/C26H50N2O3/c1-2-3-4-5-6-7-8-9-10-11-12-13-14-15-16-17-18-22-25(29)28-23-20-19-21-24(27)26(30)31/h9-10,24H,2-8,11-23,27H2,1H3,(H,28,29)(H,30,31)/b10-9+/t24-/m0/s1. The molecule has 0 bridgehead atoms. The summed E-state index contributed by atoms with van der Waals surface area (Å²) in [6.07, 6.45) is 26.5. The first-order valence-electron chi connectivity index (χ1n) is 13.0. The molecule has 0 radical (unpaired) electrons. The highest BCUT2D eigenvalue weighted by Gasteiger charge is 2.10. The van der Waals surface area contributed by atoms with Gasteiger partial charge in [0.2, 0.25) is 5.91 Å². The van der Waals surface area contributed by atoms with Gasteiger partial charge in [0.15, 0.2) is 0 Å². The number of amides is 1. The number of hydrogen-bond acceptors (Lipinski definition) is 3. The predicted octanol–water partition coefficient (Wildman–Crippen LogP) is 6.50. The number of unbranched alkanes of at least 4 members (excludes halogenated alkanes) is 14. The van der Waals surface area contributed by atoms with E-state index in [9.17, 15) is 9.59 Å². The van der Waals surface area contributed by atoms with Crippen molar-refractivity contribution in [3.63, 3.8) is 0 Å². The van der Waals surface area contributed by atoms with E-state index in [0.717, 1.165) is 25.7 Å². The Labute approximate surface area is 191 Å². The van der Waals surface area contributed by atoms with E-state index in [0.29, 0.717) is 19.4 Å². The minimum Gasteiger partial charge on any atom is -0.480 e. The van der Waals surface area contributed by atoms with Crippen LogP contribution in [0.3, 0.4) is 0 Å². The molecule has 5 nitrogen and oxygen atoms in total. The normalized spacial score (nSPS) is 12.3. The molecule has 182 valence electrons. The van der Waals surface area contributed by atoms with Crippen molar-refractivity contribution in [2.45, 2.75) is 135 Å².